The zero-order chi connectivity index (χ0) is 21.2. The van der Waals surface area contributed by atoms with Gasteiger partial charge in [-0.1, -0.05) is 18.2 Å². The Balaban J connectivity index is 1.32. The van der Waals surface area contributed by atoms with E-state index < -0.39 is 5.91 Å². The van der Waals surface area contributed by atoms with Crippen LogP contribution < -0.4 is 25.4 Å². The summed E-state index contributed by atoms with van der Waals surface area (Å²) in [5.41, 5.74) is 8.11. The number of nitrogens with one attached hydrogen (secondary N) is 1. The van der Waals surface area contributed by atoms with Crippen molar-refractivity contribution >= 4 is 11.6 Å². The van der Waals surface area contributed by atoms with Gasteiger partial charge in [0.05, 0.1) is 11.9 Å². The molecular weight excluding hydrogens is 392 g/mol. The third kappa shape index (κ3) is 4.02. The molecule has 3 N–H and O–H groups in total. The molecule has 7 nitrogen and oxygen atoms in total. The summed E-state index contributed by atoms with van der Waals surface area (Å²) in [6.07, 6.45) is 3.80. The Hall–Kier alpha value is -4.00. The number of benzene rings is 2. The molecule has 2 aromatic carbocycles. The van der Waals surface area contributed by atoms with Gasteiger partial charge < -0.3 is 25.4 Å². The lowest BCUT2D eigenvalue weighted by Crippen LogP contribution is -2.24. The SMILES string of the molecule is NC(=O)c1cc(N2CC3=CNCC3C2)cnc1Oc1ccc(Oc2ccccc2)cc1. The quantitative estimate of drug-likeness (QED) is 0.639. The second-order valence-electron chi connectivity index (χ2n) is 7.60. The Morgan fingerprint density at radius 1 is 1.03 bits per heavy atom. The van der Waals surface area contributed by atoms with Crippen molar-refractivity contribution in [1.82, 2.24) is 10.3 Å². The number of amides is 1. The average Bonchev–Trinajstić information content (AvgIpc) is 3.38. The lowest BCUT2D eigenvalue weighted by molar-refractivity contribution is 0.0997. The van der Waals surface area contributed by atoms with Crippen molar-refractivity contribution in [3.8, 4) is 23.1 Å². The zero-order valence-electron chi connectivity index (χ0n) is 16.8. The van der Waals surface area contributed by atoms with E-state index in [1.807, 2.05) is 30.3 Å². The summed E-state index contributed by atoms with van der Waals surface area (Å²) in [6, 6.07) is 18.4. The number of nitrogens with two attached hydrogens (primary N) is 1. The number of rotatable bonds is 6. The fraction of sp³-hybridized carbons (Fsp3) is 0.167. The molecule has 7 heteroatoms. The van der Waals surface area contributed by atoms with Crippen LogP contribution >= 0.6 is 0 Å². The van der Waals surface area contributed by atoms with Crippen molar-refractivity contribution in [3.63, 3.8) is 0 Å². The number of para-hydroxylation sites is 1. The molecule has 1 aromatic heterocycles. The van der Waals surface area contributed by atoms with Crippen molar-refractivity contribution in [2.24, 2.45) is 11.7 Å². The number of carbonyl (C=O) groups excluding carboxylic acids is 1. The van der Waals surface area contributed by atoms with Crippen LogP contribution in [0.1, 0.15) is 10.4 Å². The van der Waals surface area contributed by atoms with Gasteiger partial charge in [-0.05, 0) is 54.2 Å². The van der Waals surface area contributed by atoms with Gasteiger partial charge >= 0.3 is 0 Å². The molecule has 3 heterocycles. The number of anilines is 1. The van der Waals surface area contributed by atoms with Crippen LogP contribution in [0.3, 0.4) is 0 Å². The van der Waals surface area contributed by atoms with Gasteiger partial charge in [-0.25, -0.2) is 4.98 Å². The fourth-order valence-electron chi connectivity index (χ4n) is 3.87. The summed E-state index contributed by atoms with van der Waals surface area (Å²) in [5, 5.41) is 3.27. The van der Waals surface area contributed by atoms with Crippen LogP contribution in [-0.4, -0.2) is 30.5 Å². The first-order valence-corrected chi connectivity index (χ1v) is 10.1. The largest absolute Gasteiger partial charge is 0.457 e. The summed E-state index contributed by atoms with van der Waals surface area (Å²) in [6.45, 7) is 2.66. The normalized spacial score (nSPS) is 17.0. The molecule has 3 aromatic rings. The van der Waals surface area contributed by atoms with E-state index in [1.54, 1.807) is 36.5 Å². The number of carbonyl (C=O) groups is 1. The highest BCUT2D eigenvalue weighted by atomic mass is 16.5. The van der Waals surface area contributed by atoms with Gasteiger partial charge in [0.15, 0.2) is 0 Å². The van der Waals surface area contributed by atoms with E-state index in [4.69, 9.17) is 15.2 Å². The molecule has 156 valence electrons. The first kappa shape index (κ1) is 19.0. The topological polar surface area (TPSA) is 89.7 Å². The standard InChI is InChI=1S/C24H22N4O3/c25-23(29)22-10-18(28-14-16-11-26-12-17(16)15-28)13-27-24(22)31-21-8-6-20(7-9-21)30-19-4-2-1-3-5-19/h1-11,13,17,26H,12,14-15H2,(H2,25,29). The second-order valence-corrected chi connectivity index (χ2v) is 7.60. The highest BCUT2D eigenvalue weighted by molar-refractivity contribution is 5.96. The molecule has 31 heavy (non-hydrogen) atoms. The number of nitrogens with zero attached hydrogens (tertiary/aromatic N) is 2. The van der Waals surface area contributed by atoms with Gasteiger partial charge in [-0.2, -0.15) is 0 Å². The van der Waals surface area contributed by atoms with Crippen LogP contribution in [0.5, 0.6) is 23.1 Å². The maximum atomic E-state index is 12.1. The Labute approximate surface area is 180 Å². The molecule has 0 spiro atoms. The number of hydrogen-bond acceptors (Lipinski definition) is 6. The van der Waals surface area contributed by atoms with Crippen molar-refractivity contribution in [3.05, 3.63) is 84.2 Å². The highest BCUT2D eigenvalue weighted by Gasteiger charge is 2.31. The minimum Gasteiger partial charge on any atom is -0.457 e. The van der Waals surface area contributed by atoms with Crippen LogP contribution in [0.25, 0.3) is 0 Å². The lowest BCUT2D eigenvalue weighted by atomic mass is 10.1. The molecule has 1 saturated heterocycles. The summed E-state index contributed by atoms with van der Waals surface area (Å²) < 4.78 is 11.7. The van der Waals surface area contributed by atoms with E-state index in [1.165, 1.54) is 5.57 Å². The second kappa shape index (κ2) is 8.02. The molecule has 1 amide bonds. The predicted octanol–water partition coefficient (Wildman–Crippen LogP) is 3.69. The summed E-state index contributed by atoms with van der Waals surface area (Å²) in [5.74, 6) is 2.09. The molecule has 0 bridgehead atoms. The van der Waals surface area contributed by atoms with Crippen LogP contribution in [-0.2, 0) is 0 Å². The zero-order valence-corrected chi connectivity index (χ0v) is 16.8. The number of hydrogen-bond donors (Lipinski definition) is 2. The summed E-state index contributed by atoms with van der Waals surface area (Å²) in [4.78, 5) is 18.7. The Bertz CT molecular complexity index is 1130. The minimum absolute atomic E-state index is 0.188. The number of fused-ring (bicyclic) bond motifs is 1. The maximum absolute atomic E-state index is 12.1. The van der Waals surface area contributed by atoms with Crippen molar-refractivity contribution < 1.29 is 14.3 Å². The van der Waals surface area contributed by atoms with Gasteiger partial charge in [0.2, 0.25) is 5.88 Å². The molecule has 2 aliphatic heterocycles. The van der Waals surface area contributed by atoms with Crippen molar-refractivity contribution in [1.29, 1.82) is 0 Å². The first-order chi connectivity index (χ1) is 15.2. The van der Waals surface area contributed by atoms with E-state index in [9.17, 15) is 4.79 Å². The Morgan fingerprint density at radius 3 is 2.45 bits per heavy atom. The van der Waals surface area contributed by atoms with Gasteiger partial charge in [0.1, 0.15) is 22.8 Å². The number of primary amides is 1. The van der Waals surface area contributed by atoms with Gasteiger partial charge in [-0.3, -0.25) is 4.79 Å². The smallest absolute Gasteiger partial charge is 0.254 e. The van der Waals surface area contributed by atoms with Crippen LogP contribution in [0, 0.1) is 5.92 Å². The Kier molecular flexibility index (Phi) is 4.92. The van der Waals surface area contributed by atoms with Crippen LogP contribution in [0.15, 0.2) is 78.6 Å². The summed E-state index contributed by atoms with van der Waals surface area (Å²) in [7, 11) is 0. The number of pyridine rings is 1. The molecule has 1 fully saturated rings. The first-order valence-electron chi connectivity index (χ1n) is 10.1. The van der Waals surface area contributed by atoms with E-state index in [0.717, 1.165) is 31.1 Å². The van der Waals surface area contributed by atoms with Gasteiger partial charge in [0.25, 0.3) is 5.91 Å². The van der Waals surface area contributed by atoms with Gasteiger partial charge in [-0.15, -0.1) is 0 Å². The third-order valence-corrected chi connectivity index (χ3v) is 5.47. The number of aromatic nitrogens is 1. The van der Waals surface area contributed by atoms with E-state index in [2.05, 4.69) is 21.4 Å². The molecule has 2 aliphatic rings. The maximum Gasteiger partial charge on any atom is 0.254 e. The lowest BCUT2D eigenvalue weighted by Gasteiger charge is -2.19. The van der Waals surface area contributed by atoms with Crippen molar-refractivity contribution in [2.45, 2.75) is 0 Å². The molecule has 1 atom stereocenters. The van der Waals surface area contributed by atoms with Crippen LogP contribution in [0.4, 0.5) is 5.69 Å². The molecular formula is C24H22N4O3. The van der Waals surface area contributed by atoms with E-state index in [0.29, 0.717) is 17.4 Å². The molecule has 5 rings (SSSR count). The van der Waals surface area contributed by atoms with E-state index >= 15 is 0 Å². The number of ether oxygens (including phenoxy) is 2. The molecule has 1 unspecified atom stereocenters. The Morgan fingerprint density at radius 2 is 1.74 bits per heavy atom. The average molecular weight is 414 g/mol. The van der Waals surface area contributed by atoms with Crippen molar-refractivity contribution in [2.75, 3.05) is 24.5 Å². The molecule has 0 saturated carbocycles. The minimum atomic E-state index is -0.575. The van der Waals surface area contributed by atoms with Gasteiger partial charge in [0, 0.05) is 25.6 Å². The van der Waals surface area contributed by atoms with Crippen LogP contribution in [0.2, 0.25) is 0 Å². The predicted molar refractivity (Wildman–Crippen MR) is 118 cm³/mol. The fourth-order valence-corrected chi connectivity index (χ4v) is 3.87. The summed E-state index contributed by atoms with van der Waals surface area (Å²) >= 11 is 0. The third-order valence-electron chi connectivity index (χ3n) is 5.47. The molecule has 0 aliphatic carbocycles. The highest BCUT2D eigenvalue weighted by Crippen LogP contribution is 2.33. The van der Waals surface area contributed by atoms with E-state index in [-0.39, 0.29) is 11.4 Å². The molecule has 0 radical (unpaired) electrons. The monoisotopic (exact) mass is 414 g/mol.